The van der Waals surface area contributed by atoms with Crippen molar-refractivity contribution in [1.29, 1.82) is 0 Å². The van der Waals surface area contributed by atoms with Crippen molar-refractivity contribution >= 4 is 0 Å². The quantitative estimate of drug-likeness (QED) is 0.240. The summed E-state index contributed by atoms with van der Waals surface area (Å²) in [5.74, 6) is 0. The van der Waals surface area contributed by atoms with Gasteiger partial charge in [0, 0.05) is 0 Å². The third-order valence-corrected chi connectivity index (χ3v) is 0.214. The van der Waals surface area contributed by atoms with Gasteiger partial charge in [-0.15, -0.1) is 0 Å². The van der Waals surface area contributed by atoms with Crippen molar-refractivity contribution in [1.82, 2.24) is 0 Å². The fourth-order valence-corrected chi connectivity index (χ4v) is 0. The SMILES string of the molecule is F[C-](F)C(F)(F)F.[K+]. The van der Waals surface area contributed by atoms with Crippen LogP contribution in [-0.2, 0) is 0 Å². The van der Waals surface area contributed by atoms with Gasteiger partial charge in [0.2, 0.25) is 0 Å². The van der Waals surface area contributed by atoms with Gasteiger partial charge in [-0.25, -0.2) is 13.2 Å². The Morgan fingerprint density at radius 3 is 1.12 bits per heavy atom. The zero-order chi connectivity index (χ0) is 6.08. The summed E-state index contributed by atoms with van der Waals surface area (Å²) in [4.78, 5) is 0. The molecule has 0 N–H and O–H groups in total. The van der Waals surface area contributed by atoms with Gasteiger partial charge in [0.05, 0.1) is 0 Å². The van der Waals surface area contributed by atoms with Crippen molar-refractivity contribution in [3.05, 3.63) is 6.43 Å². The molecule has 0 atom stereocenters. The molecule has 0 aromatic carbocycles. The van der Waals surface area contributed by atoms with Crippen molar-refractivity contribution in [3.63, 3.8) is 0 Å². The first-order chi connectivity index (χ1) is 2.94. The van der Waals surface area contributed by atoms with Crippen molar-refractivity contribution in [3.8, 4) is 0 Å². The maximum atomic E-state index is 10.4. The molecule has 44 valence electrons. The van der Waals surface area contributed by atoms with Gasteiger partial charge in [0.25, 0.3) is 0 Å². The summed E-state index contributed by atoms with van der Waals surface area (Å²) in [6, 6.07) is 0. The molecule has 0 saturated carbocycles. The van der Waals surface area contributed by atoms with Crippen molar-refractivity contribution in [2.24, 2.45) is 0 Å². The van der Waals surface area contributed by atoms with Crippen LogP contribution in [0.1, 0.15) is 0 Å². The van der Waals surface area contributed by atoms with E-state index in [1.54, 1.807) is 0 Å². The molecule has 6 heteroatoms. The minimum Gasteiger partial charge on any atom is -0.412 e. The van der Waals surface area contributed by atoms with E-state index >= 15 is 0 Å². The van der Waals surface area contributed by atoms with Crippen LogP contribution in [0.5, 0.6) is 0 Å². The van der Waals surface area contributed by atoms with Gasteiger partial charge < -0.3 is 8.78 Å². The number of halogens is 5. The van der Waals surface area contributed by atoms with Crippen LogP contribution in [0.25, 0.3) is 0 Å². The zero-order valence-electron chi connectivity index (χ0n) is 3.89. The first-order valence-corrected chi connectivity index (χ1v) is 1.19. The molecular weight excluding hydrogens is 158 g/mol. The summed E-state index contributed by atoms with van der Waals surface area (Å²) >= 11 is 0. The Morgan fingerprint density at radius 2 is 1.12 bits per heavy atom. The summed E-state index contributed by atoms with van der Waals surface area (Å²) in [5, 5.41) is 0. The molecule has 0 saturated heterocycles. The molecule has 8 heavy (non-hydrogen) atoms. The molecule has 0 rings (SSSR count). The molecule has 0 amide bonds. The molecule has 0 radical (unpaired) electrons. The Labute approximate surface area is 84.9 Å². The largest absolute Gasteiger partial charge is 1.00 e. The molecular formula is C2F5K. The van der Waals surface area contributed by atoms with E-state index in [9.17, 15) is 22.0 Å². The molecule has 0 unspecified atom stereocenters. The van der Waals surface area contributed by atoms with Crippen LogP contribution < -0.4 is 51.4 Å². The van der Waals surface area contributed by atoms with E-state index in [0.717, 1.165) is 0 Å². The van der Waals surface area contributed by atoms with Crippen LogP contribution >= 0.6 is 0 Å². The average molecular weight is 158 g/mol. The topological polar surface area (TPSA) is 0 Å². The monoisotopic (exact) mass is 158 g/mol. The molecule has 0 aromatic heterocycles. The molecule has 0 aliphatic carbocycles. The Kier molecular flexibility index (Phi) is 6.24. The second kappa shape index (κ2) is 4.16. The zero-order valence-corrected chi connectivity index (χ0v) is 7.01. The van der Waals surface area contributed by atoms with E-state index in [1.165, 1.54) is 0 Å². The minimum absolute atomic E-state index is 0. The maximum absolute atomic E-state index is 10.4. The normalized spacial score (nSPS) is 11.2. The number of alkyl halides is 3. The van der Waals surface area contributed by atoms with Crippen LogP contribution in [0.3, 0.4) is 0 Å². The molecule has 0 fully saturated rings. The van der Waals surface area contributed by atoms with Crippen LogP contribution in [0.2, 0.25) is 0 Å². The second-order valence-electron chi connectivity index (χ2n) is 0.758. The number of rotatable bonds is 0. The van der Waals surface area contributed by atoms with Gasteiger partial charge in [0.1, 0.15) is 6.43 Å². The van der Waals surface area contributed by atoms with E-state index in [1.807, 2.05) is 0 Å². The number of hydrogen-bond donors (Lipinski definition) is 0. The van der Waals surface area contributed by atoms with E-state index in [-0.39, 0.29) is 51.4 Å². The molecule has 0 spiro atoms. The third kappa shape index (κ3) is 5.42. The smallest absolute Gasteiger partial charge is 0.412 e. The molecule has 0 heterocycles. The van der Waals surface area contributed by atoms with Crippen molar-refractivity contribution in [2.45, 2.75) is 6.18 Å². The molecule has 0 bridgehead atoms. The van der Waals surface area contributed by atoms with Gasteiger partial charge in [-0.3, -0.25) is 0 Å². The first-order valence-electron chi connectivity index (χ1n) is 1.19. The van der Waals surface area contributed by atoms with E-state index < -0.39 is 12.6 Å². The van der Waals surface area contributed by atoms with Gasteiger partial charge in [-0.2, -0.15) is 0 Å². The second-order valence-corrected chi connectivity index (χ2v) is 0.758. The first kappa shape index (κ1) is 12.0. The van der Waals surface area contributed by atoms with Crippen LogP contribution in [0.15, 0.2) is 0 Å². The predicted molar refractivity (Wildman–Crippen MR) is 11.5 cm³/mol. The van der Waals surface area contributed by atoms with Crippen LogP contribution in [0.4, 0.5) is 22.0 Å². The molecule has 0 nitrogen and oxygen atoms in total. The van der Waals surface area contributed by atoms with Crippen molar-refractivity contribution in [2.75, 3.05) is 0 Å². The average Bonchev–Trinajstić information content (AvgIpc) is 1.31. The van der Waals surface area contributed by atoms with Gasteiger partial charge in [-0.1, -0.05) is 0 Å². The van der Waals surface area contributed by atoms with E-state index in [0.29, 0.717) is 0 Å². The number of hydrogen-bond acceptors (Lipinski definition) is 0. The van der Waals surface area contributed by atoms with E-state index in [2.05, 4.69) is 0 Å². The van der Waals surface area contributed by atoms with Gasteiger partial charge >= 0.3 is 57.6 Å². The fraction of sp³-hybridized carbons (Fsp3) is 0.500. The van der Waals surface area contributed by atoms with E-state index in [4.69, 9.17) is 0 Å². The fourth-order valence-electron chi connectivity index (χ4n) is 0. The Hall–Kier alpha value is 1.29. The van der Waals surface area contributed by atoms with Crippen molar-refractivity contribution < 1.29 is 73.3 Å². The summed E-state index contributed by atoms with van der Waals surface area (Å²) in [6.45, 7) is 0. The van der Waals surface area contributed by atoms with Gasteiger partial charge in [-0.05, 0) is 0 Å². The third-order valence-electron chi connectivity index (χ3n) is 0.214. The summed E-state index contributed by atoms with van der Waals surface area (Å²) in [6.07, 6.45) is -8.92. The standard InChI is InChI=1S/C2F5.K/c3-1(4)2(5,6)7;/q-1;+1. The molecule has 0 aromatic rings. The summed E-state index contributed by atoms with van der Waals surface area (Å²) < 4.78 is 51.8. The Balaban J connectivity index is 0. The van der Waals surface area contributed by atoms with Crippen LogP contribution in [-0.4, -0.2) is 6.18 Å². The molecule has 0 aliphatic rings. The Morgan fingerprint density at radius 1 is 1.00 bits per heavy atom. The Bertz CT molecular complexity index is 55.9. The summed E-state index contributed by atoms with van der Waals surface area (Å²) in [5.41, 5.74) is 0. The minimum atomic E-state index is -5.42. The maximum Gasteiger partial charge on any atom is 1.00 e. The van der Waals surface area contributed by atoms with Gasteiger partial charge in [0.15, 0.2) is 0 Å². The summed E-state index contributed by atoms with van der Waals surface area (Å²) in [7, 11) is 0. The molecule has 0 aliphatic heterocycles. The van der Waals surface area contributed by atoms with Crippen LogP contribution in [0, 0.1) is 6.43 Å². The predicted octanol–water partition coefficient (Wildman–Crippen LogP) is -1.02.